The molecule has 1 heterocycles. The summed E-state index contributed by atoms with van der Waals surface area (Å²) in [7, 11) is 3.28. The summed E-state index contributed by atoms with van der Waals surface area (Å²) in [6.45, 7) is 2.45. The van der Waals surface area contributed by atoms with Gasteiger partial charge in [0.05, 0.1) is 12.8 Å². The second-order valence-corrected chi connectivity index (χ2v) is 6.64. The maximum atomic E-state index is 13.0. The fraction of sp³-hybridized carbons (Fsp3) is 0.217. The molecule has 3 rings (SSSR count). The van der Waals surface area contributed by atoms with Gasteiger partial charge in [-0.05, 0) is 42.3 Å². The molecule has 1 N–H and O–H groups in total. The van der Waals surface area contributed by atoms with Crippen molar-refractivity contribution in [1.82, 2.24) is 15.2 Å². The first kappa shape index (κ1) is 19.4. The third kappa shape index (κ3) is 3.83. The van der Waals surface area contributed by atoms with Gasteiger partial charge in [0.2, 0.25) is 0 Å². The number of aromatic nitrogens is 1. The molecule has 1 aromatic heterocycles. The van der Waals surface area contributed by atoms with Crippen LogP contribution in [-0.4, -0.2) is 30.1 Å². The van der Waals surface area contributed by atoms with E-state index >= 15 is 0 Å². The summed E-state index contributed by atoms with van der Waals surface area (Å²) in [5, 5.41) is 2.79. The summed E-state index contributed by atoms with van der Waals surface area (Å²) in [4.78, 5) is 19.4. The second kappa shape index (κ2) is 8.57. The first-order valence-corrected chi connectivity index (χ1v) is 9.19. The van der Waals surface area contributed by atoms with E-state index in [1.54, 1.807) is 20.4 Å². The number of benzene rings is 2. The molecular weight excluding hydrogens is 350 g/mol. The summed E-state index contributed by atoms with van der Waals surface area (Å²) in [6, 6.07) is 23.3. The van der Waals surface area contributed by atoms with Crippen LogP contribution < -0.4 is 10.1 Å². The van der Waals surface area contributed by atoms with Gasteiger partial charge < -0.3 is 15.0 Å². The Labute approximate surface area is 166 Å². The van der Waals surface area contributed by atoms with Crippen LogP contribution in [0, 0.1) is 0 Å². The lowest BCUT2D eigenvalue weighted by Crippen LogP contribution is -2.51. The lowest BCUT2D eigenvalue weighted by Gasteiger charge is -2.41. The average Bonchev–Trinajstić information content (AvgIpc) is 2.78. The van der Waals surface area contributed by atoms with Crippen LogP contribution in [0.3, 0.4) is 0 Å². The number of urea groups is 1. The van der Waals surface area contributed by atoms with Crippen LogP contribution in [0.25, 0.3) is 0 Å². The molecular formula is C23H25N3O2. The zero-order valence-electron chi connectivity index (χ0n) is 16.4. The molecule has 0 aliphatic carbocycles. The van der Waals surface area contributed by atoms with Gasteiger partial charge >= 0.3 is 6.03 Å². The van der Waals surface area contributed by atoms with Crippen molar-refractivity contribution in [2.75, 3.05) is 14.2 Å². The Morgan fingerprint density at radius 1 is 1.04 bits per heavy atom. The van der Waals surface area contributed by atoms with Crippen molar-refractivity contribution in [2.24, 2.45) is 0 Å². The highest BCUT2D eigenvalue weighted by molar-refractivity contribution is 5.75. The first-order chi connectivity index (χ1) is 13.6. The van der Waals surface area contributed by atoms with Crippen LogP contribution in [0.15, 0.2) is 79.0 Å². The first-order valence-electron chi connectivity index (χ1n) is 9.19. The fourth-order valence-electron chi connectivity index (χ4n) is 3.34. The monoisotopic (exact) mass is 375 g/mol. The topological polar surface area (TPSA) is 54.5 Å². The van der Waals surface area contributed by atoms with Crippen molar-refractivity contribution >= 4 is 6.03 Å². The number of pyridine rings is 1. The maximum absolute atomic E-state index is 13.0. The van der Waals surface area contributed by atoms with Gasteiger partial charge in [0.25, 0.3) is 0 Å². The minimum absolute atomic E-state index is 0.173. The van der Waals surface area contributed by atoms with Gasteiger partial charge in [0, 0.05) is 19.8 Å². The highest BCUT2D eigenvalue weighted by Crippen LogP contribution is 2.36. The van der Waals surface area contributed by atoms with E-state index in [-0.39, 0.29) is 6.03 Å². The number of carbonyl (C=O) groups excluding carboxylic acids is 1. The Kier molecular flexibility index (Phi) is 5.94. The number of ether oxygens (including phenoxy) is 1. The van der Waals surface area contributed by atoms with E-state index < -0.39 is 5.54 Å². The normalized spacial score (nSPS) is 12.7. The van der Waals surface area contributed by atoms with Gasteiger partial charge in [-0.1, -0.05) is 48.5 Å². The van der Waals surface area contributed by atoms with E-state index in [0.29, 0.717) is 6.54 Å². The molecule has 0 unspecified atom stereocenters. The minimum atomic E-state index is -0.747. The predicted molar refractivity (Wildman–Crippen MR) is 110 cm³/mol. The number of nitrogens with one attached hydrogen (secondary N) is 1. The van der Waals surface area contributed by atoms with E-state index in [1.165, 1.54) is 0 Å². The highest BCUT2D eigenvalue weighted by Gasteiger charge is 2.39. The Morgan fingerprint density at radius 2 is 1.71 bits per heavy atom. The number of hydrogen-bond acceptors (Lipinski definition) is 3. The van der Waals surface area contributed by atoms with Crippen LogP contribution in [-0.2, 0) is 12.1 Å². The van der Waals surface area contributed by atoms with Gasteiger partial charge in [0.15, 0.2) is 0 Å². The van der Waals surface area contributed by atoms with Crippen molar-refractivity contribution < 1.29 is 9.53 Å². The molecule has 0 aliphatic rings. The third-order valence-corrected chi connectivity index (χ3v) is 5.00. The molecule has 0 fully saturated rings. The second-order valence-electron chi connectivity index (χ2n) is 6.64. The summed E-state index contributed by atoms with van der Waals surface area (Å²) in [5.41, 5.74) is 2.05. The molecule has 0 spiro atoms. The summed E-state index contributed by atoms with van der Waals surface area (Å²) in [6.07, 6.45) is 1.76. The summed E-state index contributed by atoms with van der Waals surface area (Å²) in [5.74, 6) is 0.783. The zero-order chi connectivity index (χ0) is 20.0. The quantitative estimate of drug-likeness (QED) is 0.703. The lowest BCUT2D eigenvalue weighted by molar-refractivity contribution is 0.139. The van der Waals surface area contributed by atoms with Gasteiger partial charge in [-0.2, -0.15) is 0 Å². The van der Waals surface area contributed by atoms with Crippen LogP contribution in [0.4, 0.5) is 4.79 Å². The third-order valence-electron chi connectivity index (χ3n) is 5.00. The molecule has 0 aliphatic heterocycles. The molecule has 2 aromatic carbocycles. The van der Waals surface area contributed by atoms with Crippen LogP contribution >= 0.6 is 0 Å². The Bertz CT molecular complexity index is 857. The Morgan fingerprint density at radius 3 is 2.29 bits per heavy atom. The largest absolute Gasteiger partial charge is 0.497 e. The molecule has 0 bridgehead atoms. The van der Waals surface area contributed by atoms with E-state index in [4.69, 9.17) is 4.74 Å². The molecule has 1 atom stereocenters. The number of amides is 2. The SMILES string of the molecule is CNC(=O)N(Cc1ccc(OC)cc1)[C@](C)(c1ccccc1)c1ccccn1. The number of carbonyl (C=O) groups is 1. The molecule has 5 heteroatoms. The molecule has 2 amide bonds. The number of nitrogens with zero attached hydrogens (tertiary/aromatic N) is 2. The molecule has 144 valence electrons. The molecule has 5 nitrogen and oxygen atoms in total. The van der Waals surface area contributed by atoms with E-state index in [9.17, 15) is 4.79 Å². The van der Waals surface area contributed by atoms with Crippen LogP contribution in [0.1, 0.15) is 23.7 Å². The van der Waals surface area contributed by atoms with E-state index in [2.05, 4.69) is 10.3 Å². The lowest BCUT2D eigenvalue weighted by atomic mass is 9.85. The zero-order valence-corrected chi connectivity index (χ0v) is 16.4. The van der Waals surface area contributed by atoms with Crippen molar-refractivity contribution in [2.45, 2.75) is 19.0 Å². The van der Waals surface area contributed by atoms with Crippen molar-refractivity contribution in [1.29, 1.82) is 0 Å². The summed E-state index contributed by atoms with van der Waals surface area (Å²) < 4.78 is 5.25. The van der Waals surface area contributed by atoms with Gasteiger partial charge in [-0.25, -0.2) is 4.79 Å². The van der Waals surface area contributed by atoms with E-state index in [1.807, 2.05) is 84.6 Å². The Hall–Kier alpha value is -3.34. The predicted octanol–water partition coefficient (Wildman–Crippen LogP) is 4.20. The minimum Gasteiger partial charge on any atom is -0.497 e. The number of methoxy groups -OCH3 is 1. The fourth-order valence-corrected chi connectivity index (χ4v) is 3.34. The van der Waals surface area contributed by atoms with Crippen LogP contribution in [0.5, 0.6) is 5.75 Å². The van der Waals surface area contributed by atoms with E-state index in [0.717, 1.165) is 22.6 Å². The van der Waals surface area contributed by atoms with Gasteiger partial charge in [0.1, 0.15) is 11.3 Å². The molecule has 28 heavy (non-hydrogen) atoms. The average molecular weight is 375 g/mol. The molecule has 0 saturated heterocycles. The van der Waals surface area contributed by atoms with Gasteiger partial charge in [-0.3, -0.25) is 4.98 Å². The summed E-state index contributed by atoms with van der Waals surface area (Å²) >= 11 is 0. The van der Waals surface area contributed by atoms with Crippen LogP contribution in [0.2, 0.25) is 0 Å². The number of hydrogen-bond donors (Lipinski definition) is 1. The standard InChI is InChI=1S/C23H25N3O2/c1-23(19-9-5-4-6-10-19,21-11-7-8-16-25-21)26(22(27)24-2)17-18-12-14-20(28-3)15-13-18/h4-16H,17H2,1-3H3,(H,24,27)/t23-/m1/s1. The highest BCUT2D eigenvalue weighted by atomic mass is 16.5. The van der Waals surface area contributed by atoms with Gasteiger partial charge in [-0.15, -0.1) is 0 Å². The molecule has 0 saturated carbocycles. The number of rotatable bonds is 6. The van der Waals surface area contributed by atoms with Crippen molar-refractivity contribution in [3.8, 4) is 5.75 Å². The smallest absolute Gasteiger partial charge is 0.318 e. The van der Waals surface area contributed by atoms with Crippen molar-refractivity contribution in [3.05, 3.63) is 95.8 Å². The Balaban J connectivity index is 2.10. The molecule has 0 radical (unpaired) electrons. The molecule has 3 aromatic rings. The van der Waals surface area contributed by atoms with Crippen molar-refractivity contribution in [3.63, 3.8) is 0 Å². The maximum Gasteiger partial charge on any atom is 0.318 e.